The molecule has 204 valence electrons. The van der Waals surface area contributed by atoms with E-state index in [0.29, 0.717) is 9.90 Å². The molecule has 0 aliphatic carbocycles. The lowest BCUT2D eigenvalue weighted by molar-refractivity contribution is -0.126. The van der Waals surface area contributed by atoms with Crippen molar-refractivity contribution in [3.8, 4) is 0 Å². The maximum Gasteiger partial charge on any atom is 0.255 e. The van der Waals surface area contributed by atoms with Crippen LogP contribution in [0.25, 0.3) is 0 Å². The summed E-state index contributed by atoms with van der Waals surface area (Å²) in [5.41, 5.74) is 1.67. The van der Waals surface area contributed by atoms with Crippen molar-refractivity contribution in [2.75, 3.05) is 0 Å². The molecule has 4 atom stereocenters. The molecule has 4 aromatic rings. The van der Waals surface area contributed by atoms with E-state index in [1.54, 1.807) is 18.2 Å². The summed E-state index contributed by atoms with van der Waals surface area (Å²) in [5, 5.41) is 5.33. The number of Topliss-reactive ketones (excluding diaryl/α,β-unsaturated/α-hetero) is 1. The minimum absolute atomic E-state index is 0.152. The van der Waals surface area contributed by atoms with Crippen LogP contribution in [-0.2, 0) is 4.79 Å². The maximum atomic E-state index is 14.3. The van der Waals surface area contributed by atoms with Crippen molar-refractivity contribution in [1.82, 2.24) is 10.2 Å². The minimum Gasteiger partial charge on any atom is -0.352 e. The topological polar surface area (TPSA) is 66.5 Å². The molecule has 1 saturated heterocycles. The van der Waals surface area contributed by atoms with Crippen LogP contribution in [0.5, 0.6) is 0 Å². The zero-order chi connectivity index (χ0) is 28.4. The molecule has 0 radical (unpaired) electrons. The van der Waals surface area contributed by atoms with Crippen LogP contribution in [0, 0.1) is 11.7 Å². The van der Waals surface area contributed by atoms with Crippen molar-refractivity contribution < 1.29 is 18.8 Å². The number of likely N-dealkylation sites (tertiary alicyclic amines) is 1. The third-order valence-electron chi connectivity index (χ3n) is 7.15. The first-order valence-corrected chi connectivity index (χ1v) is 14.3. The van der Waals surface area contributed by atoms with Gasteiger partial charge in [-0.05, 0) is 72.8 Å². The Balaban J connectivity index is 1.77. The van der Waals surface area contributed by atoms with E-state index in [4.69, 9.17) is 11.6 Å². The highest BCUT2D eigenvalue weighted by molar-refractivity contribution is 7.12. The second-order valence-corrected chi connectivity index (χ2v) is 11.5. The zero-order valence-corrected chi connectivity index (χ0v) is 23.5. The largest absolute Gasteiger partial charge is 0.352 e. The van der Waals surface area contributed by atoms with Gasteiger partial charge in [-0.15, -0.1) is 11.3 Å². The molecule has 4 unspecified atom stereocenters. The summed E-state index contributed by atoms with van der Waals surface area (Å²) in [6, 6.07) is 23.2. The number of thiophene rings is 1. The molecule has 2 amide bonds. The molecular formula is C32H28ClFN2O3S. The number of carbonyl (C=O) groups is 3. The standard InChI is InChI=1S/C32H28ClFN2O3S/c1-19(2)35-31(38)29-26(20-10-14-23(33)15-11-20)27(30(37)25-9-6-18-40-25)28(21-7-4-3-5-8-21)36(29)32(39)22-12-16-24(34)17-13-22/h3-19,26-29H,1-2H3,(H,35,38). The minimum atomic E-state index is -1.03. The summed E-state index contributed by atoms with van der Waals surface area (Å²) in [6.45, 7) is 3.69. The van der Waals surface area contributed by atoms with E-state index in [9.17, 15) is 18.8 Å². The molecular weight excluding hydrogens is 547 g/mol. The Morgan fingerprint density at radius 1 is 0.875 bits per heavy atom. The molecule has 0 bridgehead atoms. The molecule has 2 heterocycles. The van der Waals surface area contributed by atoms with Gasteiger partial charge in [-0.1, -0.05) is 60.1 Å². The monoisotopic (exact) mass is 574 g/mol. The third-order valence-corrected chi connectivity index (χ3v) is 8.29. The van der Waals surface area contributed by atoms with E-state index in [2.05, 4.69) is 5.32 Å². The van der Waals surface area contributed by atoms with Crippen LogP contribution in [-0.4, -0.2) is 34.6 Å². The van der Waals surface area contributed by atoms with Gasteiger partial charge in [-0.2, -0.15) is 0 Å². The number of benzene rings is 3. The van der Waals surface area contributed by atoms with Gasteiger partial charge in [0.2, 0.25) is 5.91 Å². The van der Waals surface area contributed by atoms with Gasteiger partial charge in [0.1, 0.15) is 11.9 Å². The van der Waals surface area contributed by atoms with Crippen molar-refractivity contribution in [3.63, 3.8) is 0 Å². The van der Waals surface area contributed by atoms with Gasteiger partial charge in [-0.25, -0.2) is 4.39 Å². The molecule has 0 saturated carbocycles. The van der Waals surface area contributed by atoms with Crippen LogP contribution in [0.3, 0.4) is 0 Å². The van der Waals surface area contributed by atoms with E-state index in [0.717, 1.165) is 11.1 Å². The summed E-state index contributed by atoms with van der Waals surface area (Å²) in [4.78, 5) is 44.8. The second-order valence-electron chi connectivity index (χ2n) is 10.1. The quantitative estimate of drug-likeness (QED) is 0.244. The fourth-order valence-corrected chi connectivity index (χ4v) is 6.39. The number of halogens is 2. The lowest BCUT2D eigenvalue weighted by Gasteiger charge is -2.32. The Bertz CT molecular complexity index is 1490. The molecule has 1 fully saturated rings. The summed E-state index contributed by atoms with van der Waals surface area (Å²) < 4.78 is 13.8. The number of nitrogens with zero attached hydrogens (tertiary/aromatic N) is 1. The molecule has 1 aromatic heterocycles. The van der Waals surface area contributed by atoms with Crippen molar-refractivity contribution in [1.29, 1.82) is 0 Å². The van der Waals surface area contributed by atoms with Crippen LogP contribution in [0.4, 0.5) is 4.39 Å². The number of hydrogen-bond donors (Lipinski definition) is 1. The third kappa shape index (κ3) is 5.44. The Kier molecular flexibility index (Phi) is 8.14. The Morgan fingerprint density at radius 2 is 1.55 bits per heavy atom. The van der Waals surface area contributed by atoms with Crippen molar-refractivity contribution in [2.45, 2.75) is 37.9 Å². The number of hydrogen-bond acceptors (Lipinski definition) is 4. The lowest BCUT2D eigenvalue weighted by atomic mass is 9.77. The van der Waals surface area contributed by atoms with Crippen LogP contribution < -0.4 is 5.32 Å². The highest BCUT2D eigenvalue weighted by atomic mass is 35.5. The van der Waals surface area contributed by atoms with Gasteiger partial charge < -0.3 is 10.2 Å². The number of rotatable bonds is 7. The zero-order valence-electron chi connectivity index (χ0n) is 22.0. The van der Waals surface area contributed by atoms with E-state index < -0.39 is 35.6 Å². The molecule has 0 spiro atoms. The molecule has 5 rings (SSSR count). The Labute approximate surface area is 241 Å². The first kappa shape index (κ1) is 27.7. The fourth-order valence-electron chi connectivity index (χ4n) is 5.55. The number of ketones is 1. The lowest BCUT2D eigenvalue weighted by Crippen LogP contribution is -2.50. The second kappa shape index (κ2) is 11.7. The highest BCUT2D eigenvalue weighted by Gasteiger charge is 2.57. The Morgan fingerprint density at radius 3 is 2.15 bits per heavy atom. The highest BCUT2D eigenvalue weighted by Crippen LogP contribution is 2.52. The number of nitrogens with one attached hydrogen (secondary N) is 1. The number of carbonyl (C=O) groups excluding carboxylic acids is 3. The predicted octanol–water partition coefficient (Wildman–Crippen LogP) is 6.91. The smallest absolute Gasteiger partial charge is 0.255 e. The summed E-state index contributed by atoms with van der Waals surface area (Å²) >= 11 is 7.55. The first-order valence-electron chi connectivity index (χ1n) is 13.0. The molecule has 3 aromatic carbocycles. The predicted molar refractivity (Wildman–Crippen MR) is 155 cm³/mol. The molecule has 1 N–H and O–H groups in total. The van der Waals surface area contributed by atoms with Crippen molar-refractivity contribution in [3.05, 3.63) is 129 Å². The van der Waals surface area contributed by atoms with Crippen LogP contribution >= 0.6 is 22.9 Å². The Hall–Kier alpha value is -3.81. The summed E-state index contributed by atoms with van der Waals surface area (Å²) in [7, 11) is 0. The molecule has 8 heteroatoms. The van der Waals surface area contributed by atoms with E-state index in [1.807, 2.05) is 67.8 Å². The van der Waals surface area contributed by atoms with Crippen molar-refractivity contribution >= 4 is 40.5 Å². The van der Waals surface area contributed by atoms with Gasteiger partial charge in [0.15, 0.2) is 5.78 Å². The number of amides is 2. The van der Waals surface area contributed by atoms with Crippen LogP contribution in [0.2, 0.25) is 5.02 Å². The van der Waals surface area contributed by atoms with Crippen LogP contribution in [0.1, 0.15) is 57.0 Å². The molecule has 1 aliphatic heterocycles. The normalized spacial score (nSPS) is 20.5. The maximum absolute atomic E-state index is 14.3. The van der Waals surface area contributed by atoms with E-state index in [-0.39, 0.29) is 23.3 Å². The van der Waals surface area contributed by atoms with E-state index >= 15 is 0 Å². The molecule has 1 aliphatic rings. The van der Waals surface area contributed by atoms with Gasteiger partial charge >= 0.3 is 0 Å². The van der Waals surface area contributed by atoms with Gasteiger partial charge in [0.05, 0.1) is 16.8 Å². The van der Waals surface area contributed by atoms with Gasteiger partial charge in [0, 0.05) is 22.5 Å². The fraction of sp³-hybridized carbons (Fsp3) is 0.219. The van der Waals surface area contributed by atoms with Crippen molar-refractivity contribution in [2.24, 2.45) is 5.92 Å². The van der Waals surface area contributed by atoms with Crippen LogP contribution in [0.15, 0.2) is 96.4 Å². The average Bonchev–Trinajstić information content (AvgIpc) is 3.60. The van der Waals surface area contributed by atoms with Gasteiger partial charge in [-0.3, -0.25) is 14.4 Å². The SMILES string of the molecule is CC(C)NC(=O)C1C(c2ccc(Cl)cc2)C(C(=O)c2cccs2)C(c2ccccc2)N1C(=O)c1ccc(F)cc1. The molecule has 40 heavy (non-hydrogen) atoms. The molecule has 5 nitrogen and oxygen atoms in total. The first-order chi connectivity index (χ1) is 19.3. The van der Waals surface area contributed by atoms with Gasteiger partial charge in [0.25, 0.3) is 5.91 Å². The summed E-state index contributed by atoms with van der Waals surface area (Å²) in [6.07, 6.45) is 0. The van der Waals surface area contributed by atoms with E-state index in [1.165, 1.54) is 40.5 Å². The summed E-state index contributed by atoms with van der Waals surface area (Å²) in [5.74, 6) is -2.92. The average molecular weight is 575 g/mol.